The molecule has 0 aliphatic carbocycles. The number of nitrogens with zero attached hydrogens (tertiary/aromatic N) is 2. The van der Waals surface area contributed by atoms with Crippen molar-refractivity contribution in [1.29, 1.82) is 0 Å². The Morgan fingerprint density at radius 2 is 0.321 bits per heavy atom. The minimum atomic E-state index is 0.220. The lowest BCUT2D eigenvalue weighted by molar-refractivity contribution is -0.00841. The molecule has 0 radical (unpaired) electrons. The highest BCUT2D eigenvalue weighted by Gasteiger charge is 2.24. The predicted octanol–water partition coefficient (Wildman–Crippen LogP) is 10.7. The zero-order valence-electron chi connectivity index (χ0n) is 63.5. The maximum absolute atomic E-state index is 6.63. The van der Waals surface area contributed by atoms with Gasteiger partial charge in [0.25, 0.3) is 0 Å². The first kappa shape index (κ1) is 81.3. The van der Waals surface area contributed by atoms with E-state index in [-0.39, 0.29) is 52.9 Å². The van der Waals surface area contributed by atoms with Crippen LogP contribution in [0.2, 0.25) is 0 Å². The van der Waals surface area contributed by atoms with Crippen LogP contribution in [0.25, 0.3) is 90.9 Å². The van der Waals surface area contributed by atoms with Gasteiger partial charge in [-0.25, -0.2) is 9.97 Å². The molecular weight excluding hydrogens is 1450 g/mol. The van der Waals surface area contributed by atoms with Gasteiger partial charge in [-0.05, 0) is 119 Å². The fourth-order valence-electron chi connectivity index (χ4n) is 12.7. The van der Waals surface area contributed by atoms with E-state index in [4.69, 9.17) is 124 Å². The van der Waals surface area contributed by atoms with Crippen molar-refractivity contribution >= 4 is 46.4 Å². The highest BCUT2D eigenvalue weighted by Crippen LogP contribution is 2.44. The molecule has 0 unspecified atom stereocenters. The number of aromatic nitrogens is 4. The number of hydrogen-bond acceptors (Lipinski definition) is 26. The highest BCUT2D eigenvalue weighted by atomic mass is 16.6. The molecule has 4 aromatic carbocycles. The van der Waals surface area contributed by atoms with Crippen molar-refractivity contribution in [1.82, 2.24) is 19.9 Å². The molecule has 0 fully saturated rings. The Morgan fingerprint density at radius 1 is 0.170 bits per heavy atom. The van der Waals surface area contributed by atoms with E-state index in [1.807, 2.05) is 97.1 Å². The standard InChI is InChI=1S/C84H102N4O24/c1-13-73-77(109-53-45-101-37-29-93-21-17-89-25-33-97-41-49-105-73)57-61(1)81-65-5-7-67(85-65)82(62-2-14-74-78(58-62)110-54-46-102-38-30-94-22-18-90-26-34-98-42-50-106-74)69-9-11-71(87-69)84(64-4-16-76-80(60-64)112-56-48-104-40-32-96-24-20-92-28-36-100-44-52-108-76)72-12-10-70(88-72)83(68-8-6-66(81)86-68)63-3-15-75-79(59-63)111-55-47-103-39-31-95-23-19-91-27-35-99-43-51-107-75/h1-16,57-60,85,88H,17-56H2. The van der Waals surface area contributed by atoms with Crippen LogP contribution in [0, 0.1) is 0 Å². The summed E-state index contributed by atoms with van der Waals surface area (Å²) in [5.41, 5.74) is 11.4. The number of fused-ring (bicyclic) bond motifs is 12. The Labute approximate surface area is 651 Å². The Balaban J connectivity index is 1.01. The van der Waals surface area contributed by atoms with E-state index in [2.05, 4.69) is 34.2 Å². The normalized spacial score (nSPS) is 19.0. The van der Waals surface area contributed by atoms with Crippen molar-refractivity contribution in [3.05, 3.63) is 120 Å². The molecule has 0 saturated heterocycles. The molecular formula is C84H102N4O24. The summed E-state index contributed by atoms with van der Waals surface area (Å²) < 4.78 is 146. The molecule has 6 aliphatic rings. The number of aromatic amines is 2. The monoisotopic (exact) mass is 1550 g/mol. The van der Waals surface area contributed by atoms with Gasteiger partial charge in [0.2, 0.25) is 0 Å². The summed E-state index contributed by atoms with van der Waals surface area (Å²) >= 11 is 0. The number of benzene rings is 4. The topological polar surface area (TPSA) is 279 Å². The third-order valence-electron chi connectivity index (χ3n) is 18.0. The number of rotatable bonds is 4. The second kappa shape index (κ2) is 45.8. The minimum Gasteiger partial charge on any atom is -0.487 e. The predicted molar refractivity (Wildman–Crippen MR) is 418 cm³/mol. The van der Waals surface area contributed by atoms with Gasteiger partial charge in [0.15, 0.2) is 46.0 Å². The zero-order valence-corrected chi connectivity index (χ0v) is 63.5. The minimum absolute atomic E-state index is 0.220. The summed E-state index contributed by atoms with van der Waals surface area (Å²) in [6, 6.07) is 31.9. The lowest BCUT2D eigenvalue weighted by Gasteiger charge is -2.16. The van der Waals surface area contributed by atoms with Crippen LogP contribution in [-0.2, 0) is 75.8 Å². The molecule has 13 rings (SSSR count). The molecule has 3 aromatic heterocycles. The molecule has 0 spiro atoms. The van der Waals surface area contributed by atoms with Crippen LogP contribution in [-0.4, -0.2) is 284 Å². The number of nitrogens with one attached hydrogen (secondary N) is 2. The van der Waals surface area contributed by atoms with Gasteiger partial charge in [0, 0.05) is 44.3 Å². The first-order valence-electron chi connectivity index (χ1n) is 38.7. The van der Waals surface area contributed by atoms with Crippen LogP contribution in [0.3, 0.4) is 0 Å². The maximum Gasteiger partial charge on any atom is 0.161 e. The first-order chi connectivity index (χ1) is 55.7. The van der Waals surface area contributed by atoms with Gasteiger partial charge >= 0.3 is 0 Å². The lowest BCUT2D eigenvalue weighted by atomic mass is 10.0. The third-order valence-corrected chi connectivity index (χ3v) is 18.0. The average molecular weight is 1550 g/mol. The van der Waals surface area contributed by atoms with E-state index < -0.39 is 0 Å². The SMILES string of the molecule is C1=Cc2nc1c(-c1ccc3c(c1)OCCOCCOCCOCCOCCO3)c1ccc([nH]1)c(-c1ccc3c(c1)OCCOCCOCCOCCOCCO3)c1nc(c(-c3ccc4c(c3)OCCOCCOCCOCCOCCO4)c3ccc([nH]3)c2-c2ccc3c(c2)OCCOCCOCCOCCOCCO3)C=C1. The summed E-state index contributed by atoms with van der Waals surface area (Å²) in [7, 11) is 0. The van der Waals surface area contributed by atoms with Crippen LogP contribution in [0.15, 0.2) is 97.1 Å². The van der Waals surface area contributed by atoms with Crippen molar-refractivity contribution in [3.8, 4) is 90.5 Å². The summed E-state index contributed by atoms with van der Waals surface area (Å²) in [4.78, 5) is 19.2. The Kier molecular flexibility index (Phi) is 33.2. The molecule has 9 heterocycles. The summed E-state index contributed by atoms with van der Waals surface area (Å²) in [6.07, 6.45) is 8.13. The fourth-order valence-corrected chi connectivity index (χ4v) is 12.7. The van der Waals surface area contributed by atoms with Gasteiger partial charge in [-0.15, -0.1) is 0 Å². The van der Waals surface area contributed by atoms with Crippen LogP contribution in [0.1, 0.15) is 22.8 Å². The third kappa shape index (κ3) is 24.6. The molecule has 28 heteroatoms. The number of hydrogen-bond donors (Lipinski definition) is 2. The van der Waals surface area contributed by atoms with E-state index in [9.17, 15) is 0 Å². The van der Waals surface area contributed by atoms with Gasteiger partial charge in [0.05, 0.1) is 234 Å². The molecule has 112 heavy (non-hydrogen) atoms. The first-order valence-corrected chi connectivity index (χ1v) is 38.7. The van der Waals surface area contributed by atoms with E-state index in [1.165, 1.54) is 0 Å². The zero-order chi connectivity index (χ0) is 76.1. The van der Waals surface area contributed by atoms with E-state index in [1.54, 1.807) is 0 Å². The smallest absolute Gasteiger partial charge is 0.161 e. The lowest BCUT2D eigenvalue weighted by Crippen LogP contribution is -2.16. The van der Waals surface area contributed by atoms with Crippen molar-refractivity contribution in [2.45, 2.75) is 0 Å². The van der Waals surface area contributed by atoms with Crippen molar-refractivity contribution < 1.29 is 114 Å². The molecule has 2 N–H and O–H groups in total. The fraction of sp³-hybridized carbons (Fsp3) is 0.476. The van der Waals surface area contributed by atoms with Crippen LogP contribution < -0.4 is 37.9 Å². The summed E-state index contributed by atoms with van der Waals surface area (Å²) in [5.74, 6) is 4.04. The Bertz CT molecular complexity index is 3760. The highest BCUT2D eigenvalue weighted by molar-refractivity contribution is 6.00. The molecule has 602 valence electrons. The largest absolute Gasteiger partial charge is 0.487 e. The van der Waals surface area contributed by atoms with Gasteiger partial charge in [0.1, 0.15) is 52.9 Å². The summed E-state index contributed by atoms with van der Waals surface area (Å²) in [6.45, 7) is 14.4. The molecule has 6 aliphatic heterocycles. The van der Waals surface area contributed by atoms with Crippen LogP contribution in [0.5, 0.6) is 46.0 Å². The van der Waals surface area contributed by atoms with Gasteiger partial charge in [-0.3, -0.25) is 0 Å². The van der Waals surface area contributed by atoms with Crippen LogP contribution >= 0.6 is 0 Å². The van der Waals surface area contributed by atoms with E-state index in [0.717, 1.165) is 66.6 Å². The molecule has 28 nitrogen and oxygen atoms in total. The van der Waals surface area contributed by atoms with Crippen molar-refractivity contribution in [2.75, 3.05) is 264 Å². The summed E-state index contributed by atoms with van der Waals surface area (Å²) in [5, 5.41) is 0. The number of ether oxygens (including phenoxy) is 24. The van der Waals surface area contributed by atoms with Crippen LogP contribution in [0.4, 0.5) is 0 Å². The molecule has 7 aromatic rings. The van der Waals surface area contributed by atoms with E-state index >= 15 is 0 Å². The maximum atomic E-state index is 6.63. The quantitative estimate of drug-likeness (QED) is 0.166. The van der Waals surface area contributed by atoms with Crippen molar-refractivity contribution in [2.24, 2.45) is 0 Å². The van der Waals surface area contributed by atoms with Crippen molar-refractivity contribution in [3.63, 3.8) is 0 Å². The van der Waals surface area contributed by atoms with E-state index in [0.29, 0.717) is 280 Å². The van der Waals surface area contributed by atoms with Gasteiger partial charge in [-0.1, -0.05) is 24.3 Å². The second-order valence-electron chi connectivity index (χ2n) is 25.7. The molecule has 0 amide bonds. The average Bonchev–Trinajstić information content (AvgIpc) is 1.60. The number of H-pyrrole nitrogens is 2. The second-order valence-corrected chi connectivity index (χ2v) is 25.7. The molecule has 0 atom stereocenters. The molecule has 0 saturated carbocycles. The van der Waals surface area contributed by atoms with Gasteiger partial charge in [-0.2, -0.15) is 0 Å². The van der Waals surface area contributed by atoms with Gasteiger partial charge < -0.3 is 124 Å². The Hall–Kier alpha value is -8.76. The molecule has 8 bridgehead atoms. The Morgan fingerprint density at radius 3 is 0.491 bits per heavy atom.